The molecule has 0 saturated heterocycles. The van der Waals surface area contributed by atoms with Crippen LogP contribution in [0.2, 0.25) is 0 Å². The van der Waals surface area contributed by atoms with Crippen molar-refractivity contribution in [2.24, 2.45) is 5.41 Å². The first-order valence-corrected chi connectivity index (χ1v) is 8.84. The molecule has 128 valence electrons. The fourth-order valence-electron chi connectivity index (χ4n) is 3.97. The van der Waals surface area contributed by atoms with Crippen molar-refractivity contribution >= 4 is 6.29 Å². The van der Waals surface area contributed by atoms with Crippen LogP contribution >= 0.6 is 0 Å². The average Bonchev–Trinajstić information content (AvgIpc) is 2.68. The lowest BCUT2D eigenvalue weighted by Gasteiger charge is -2.44. The maximum Gasteiger partial charge on any atom is 0.151 e. The summed E-state index contributed by atoms with van der Waals surface area (Å²) >= 11 is 0. The second-order valence-corrected chi connectivity index (χ2v) is 8.59. The molecule has 0 bridgehead atoms. The second-order valence-electron chi connectivity index (χ2n) is 8.59. The van der Waals surface area contributed by atoms with Gasteiger partial charge in [0.15, 0.2) is 6.29 Å². The lowest BCUT2D eigenvalue weighted by atomic mass is 9.59. The number of hydrogen-bond donors (Lipinski definition) is 0. The van der Waals surface area contributed by atoms with Gasteiger partial charge in [-0.25, -0.2) is 0 Å². The van der Waals surface area contributed by atoms with Gasteiger partial charge in [0.1, 0.15) is 0 Å². The Labute approximate surface area is 151 Å². The van der Waals surface area contributed by atoms with Crippen LogP contribution in [-0.4, -0.2) is 6.29 Å². The highest BCUT2D eigenvalue weighted by Gasteiger charge is 2.56. The number of carbonyl (C=O) groups excluding carboxylic acids is 1. The van der Waals surface area contributed by atoms with Crippen molar-refractivity contribution < 1.29 is 4.79 Å². The number of fused-ring (bicyclic) bond motifs is 1. The summed E-state index contributed by atoms with van der Waals surface area (Å²) < 4.78 is 0. The predicted molar refractivity (Wildman–Crippen MR) is 104 cm³/mol. The number of carbonyl (C=O) groups is 1. The Morgan fingerprint density at radius 3 is 1.92 bits per heavy atom. The van der Waals surface area contributed by atoms with Gasteiger partial charge in [-0.15, -0.1) is 0 Å². The molecule has 3 rings (SSSR count). The van der Waals surface area contributed by atoms with E-state index in [0.29, 0.717) is 5.56 Å². The molecule has 0 saturated carbocycles. The maximum absolute atomic E-state index is 11.7. The summed E-state index contributed by atoms with van der Waals surface area (Å²) in [5.41, 5.74) is 5.13. The fraction of sp³-hybridized carbons (Fsp3) is 0.375. The lowest BCUT2D eigenvalue weighted by Crippen LogP contribution is -2.42. The van der Waals surface area contributed by atoms with Crippen LogP contribution in [0, 0.1) is 17.3 Å². The Hall–Kier alpha value is -2.33. The van der Waals surface area contributed by atoms with Gasteiger partial charge in [-0.1, -0.05) is 71.6 Å². The van der Waals surface area contributed by atoms with Crippen LogP contribution in [0.4, 0.5) is 0 Å². The van der Waals surface area contributed by atoms with E-state index in [-0.39, 0.29) is 16.2 Å². The molecule has 0 amide bonds. The van der Waals surface area contributed by atoms with Gasteiger partial charge >= 0.3 is 0 Å². The van der Waals surface area contributed by atoms with Crippen LogP contribution in [0.15, 0.2) is 42.5 Å². The van der Waals surface area contributed by atoms with Crippen LogP contribution in [0.5, 0.6) is 0 Å². The van der Waals surface area contributed by atoms with E-state index in [1.807, 2.05) is 30.3 Å². The summed E-state index contributed by atoms with van der Waals surface area (Å²) in [6.45, 7) is 13.8. The fourth-order valence-corrected chi connectivity index (χ4v) is 3.97. The second kappa shape index (κ2) is 5.60. The Morgan fingerprint density at radius 2 is 1.36 bits per heavy atom. The molecule has 1 aliphatic carbocycles. The third-order valence-corrected chi connectivity index (χ3v) is 6.90. The van der Waals surface area contributed by atoms with E-state index in [1.165, 1.54) is 11.1 Å². The minimum absolute atomic E-state index is 0.00498. The number of aldehydes is 1. The third-order valence-electron chi connectivity index (χ3n) is 6.90. The predicted octanol–water partition coefficient (Wildman–Crippen LogP) is 5.49. The molecular formula is C24H26O. The molecule has 0 N–H and O–H groups in total. The van der Waals surface area contributed by atoms with E-state index in [2.05, 4.69) is 65.5 Å². The standard InChI is InChI=1S/C24H26O/c1-22(2)20-14-18(13-12-17-10-8-7-9-11-17)19(16-25)15-21(20)23(3,4)24(22,5)6/h7-11,14-16H,1-6H3. The van der Waals surface area contributed by atoms with Crippen molar-refractivity contribution in [1.29, 1.82) is 0 Å². The van der Waals surface area contributed by atoms with Crippen molar-refractivity contribution in [3.05, 3.63) is 70.3 Å². The zero-order chi connectivity index (χ0) is 18.5. The van der Waals surface area contributed by atoms with E-state index in [4.69, 9.17) is 0 Å². The van der Waals surface area contributed by atoms with Gasteiger partial charge in [0.05, 0.1) is 0 Å². The van der Waals surface area contributed by atoms with Gasteiger partial charge in [0.2, 0.25) is 0 Å². The Morgan fingerprint density at radius 1 is 0.800 bits per heavy atom. The van der Waals surface area contributed by atoms with Gasteiger partial charge in [-0.2, -0.15) is 0 Å². The zero-order valence-electron chi connectivity index (χ0n) is 16.0. The van der Waals surface area contributed by atoms with Crippen LogP contribution in [0.25, 0.3) is 0 Å². The maximum atomic E-state index is 11.7. The Bertz CT molecular complexity index is 887. The monoisotopic (exact) mass is 330 g/mol. The summed E-state index contributed by atoms with van der Waals surface area (Å²) in [6, 6.07) is 14.1. The summed E-state index contributed by atoms with van der Waals surface area (Å²) in [5, 5.41) is 0. The van der Waals surface area contributed by atoms with Gasteiger partial charge in [-0.05, 0) is 51.6 Å². The number of hydrogen-bond acceptors (Lipinski definition) is 1. The molecule has 2 aromatic carbocycles. The summed E-state index contributed by atoms with van der Waals surface area (Å²) in [4.78, 5) is 11.7. The van der Waals surface area contributed by atoms with E-state index in [1.54, 1.807) is 0 Å². The van der Waals surface area contributed by atoms with E-state index in [9.17, 15) is 4.79 Å². The topological polar surface area (TPSA) is 17.1 Å². The first kappa shape index (κ1) is 17.5. The third kappa shape index (κ3) is 2.44. The van der Waals surface area contributed by atoms with Crippen LogP contribution < -0.4 is 0 Å². The molecule has 1 nitrogen and oxygen atoms in total. The van der Waals surface area contributed by atoms with Crippen LogP contribution in [0.1, 0.15) is 74.2 Å². The van der Waals surface area contributed by atoms with Gasteiger partial charge in [0, 0.05) is 16.7 Å². The molecule has 0 heterocycles. The molecule has 25 heavy (non-hydrogen) atoms. The molecule has 0 fully saturated rings. The Kier molecular flexibility index (Phi) is 3.92. The highest BCUT2D eigenvalue weighted by molar-refractivity contribution is 5.81. The smallest absolute Gasteiger partial charge is 0.151 e. The zero-order valence-corrected chi connectivity index (χ0v) is 16.0. The van der Waals surface area contributed by atoms with E-state index in [0.717, 1.165) is 17.4 Å². The SMILES string of the molecule is CC1(C)c2cc(C#Cc3ccccc3)c(C=O)cc2C(C)(C)C1(C)C. The number of benzene rings is 2. The minimum atomic E-state index is -0.00498. The molecule has 0 unspecified atom stereocenters. The summed E-state index contributed by atoms with van der Waals surface area (Å²) in [7, 11) is 0. The lowest BCUT2D eigenvalue weighted by molar-refractivity contribution is 0.112. The highest BCUT2D eigenvalue weighted by atomic mass is 16.1. The first-order chi connectivity index (χ1) is 11.6. The van der Waals surface area contributed by atoms with Gasteiger partial charge in [-0.3, -0.25) is 4.79 Å². The molecule has 0 atom stereocenters. The molecule has 1 aliphatic rings. The molecule has 2 aromatic rings. The largest absolute Gasteiger partial charge is 0.298 e. The highest BCUT2D eigenvalue weighted by Crippen LogP contribution is 2.61. The molecule has 1 heteroatoms. The van der Waals surface area contributed by atoms with Crippen LogP contribution in [-0.2, 0) is 10.8 Å². The molecule has 0 aromatic heterocycles. The first-order valence-electron chi connectivity index (χ1n) is 8.84. The normalized spacial score (nSPS) is 18.8. The van der Waals surface area contributed by atoms with Crippen molar-refractivity contribution in [2.75, 3.05) is 0 Å². The van der Waals surface area contributed by atoms with Crippen LogP contribution in [0.3, 0.4) is 0 Å². The summed E-state index contributed by atoms with van der Waals surface area (Å²) in [6.07, 6.45) is 0.934. The van der Waals surface area contributed by atoms with Crippen molar-refractivity contribution in [2.45, 2.75) is 52.4 Å². The molecule has 0 spiro atoms. The minimum Gasteiger partial charge on any atom is -0.298 e. The van der Waals surface area contributed by atoms with Crippen molar-refractivity contribution in [1.82, 2.24) is 0 Å². The quantitative estimate of drug-likeness (QED) is 0.499. The molecular weight excluding hydrogens is 304 g/mol. The number of rotatable bonds is 1. The average molecular weight is 330 g/mol. The van der Waals surface area contributed by atoms with E-state index >= 15 is 0 Å². The van der Waals surface area contributed by atoms with Crippen molar-refractivity contribution in [3.63, 3.8) is 0 Å². The summed E-state index contributed by atoms with van der Waals surface area (Å²) in [5.74, 6) is 6.41. The van der Waals surface area contributed by atoms with Gasteiger partial charge in [0.25, 0.3) is 0 Å². The molecule has 0 aliphatic heterocycles. The van der Waals surface area contributed by atoms with Gasteiger partial charge < -0.3 is 0 Å². The van der Waals surface area contributed by atoms with Crippen molar-refractivity contribution in [3.8, 4) is 11.8 Å². The Balaban J connectivity index is 2.20. The molecule has 0 radical (unpaired) electrons. The van der Waals surface area contributed by atoms with E-state index < -0.39 is 0 Å².